The van der Waals surface area contributed by atoms with Crippen LogP contribution < -0.4 is 10.1 Å². The molecule has 2 fully saturated rings. The summed E-state index contributed by atoms with van der Waals surface area (Å²) < 4.78 is 28.1. The minimum atomic E-state index is -3.04. The van der Waals surface area contributed by atoms with Crippen molar-refractivity contribution < 1.29 is 17.9 Å². The van der Waals surface area contributed by atoms with Crippen molar-refractivity contribution in [2.24, 2.45) is 0 Å². The molecule has 0 bridgehead atoms. The number of amides is 1. The van der Waals surface area contributed by atoms with Gasteiger partial charge in [-0.1, -0.05) is 12.1 Å². The molecule has 1 N–H and O–H groups in total. The maximum Gasteiger partial charge on any atom is 0.263 e. The first kappa shape index (κ1) is 18.8. The van der Waals surface area contributed by atoms with Gasteiger partial charge in [0.05, 0.1) is 11.5 Å². The van der Waals surface area contributed by atoms with E-state index in [4.69, 9.17) is 27.9 Å². The van der Waals surface area contributed by atoms with Crippen LogP contribution >= 0.6 is 23.2 Å². The second kappa shape index (κ2) is 6.32. The van der Waals surface area contributed by atoms with E-state index < -0.39 is 19.8 Å². The number of carbonyl (C=O) groups is 1. The van der Waals surface area contributed by atoms with Gasteiger partial charge in [0.2, 0.25) is 0 Å². The van der Waals surface area contributed by atoms with Gasteiger partial charge in [0.15, 0.2) is 15.4 Å². The lowest BCUT2D eigenvalue weighted by atomic mass is 10.1. The van der Waals surface area contributed by atoms with Gasteiger partial charge in [0, 0.05) is 12.0 Å². The number of halogens is 2. The van der Waals surface area contributed by atoms with E-state index in [1.807, 2.05) is 12.1 Å². The molecule has 1 amide bonds. The Bertz CT molecular complexity index is 774. The van der Waals surface area contributed by atoms with E-state index in [9.17, 15) is 13.2 Å². The van der Waals surface area contributed by atoms with Crippen LogP contribution in [0.1, 0.15) is 38.2 Å². The van der Waals surface area contributed by atoms with Crippen molar-refractivity contribution in [3.05, 3.63) is 29.8 Å². The first-order valence-electron chi connectivity index (χ1n) is 8.17. The number of benzene rings is 1. The summed E-state index contributed by atoms with van der Waals surface area (Å²) in [6.07, 6.45) is 1.17. The quantitative estimate of drug-likeness (QED) is 0.764. The molecule has 2 atom stereocenters. The Hall–Kier alpha value is -0.980. The van der Waals surface area contributed by atoms with E-state index >= 15 is 0 Å². The molecule has 1 saturated carbocycles. The molecule has 2 aliphatic rings. The number of hydrogen-bond donors (Lipinski definition) is 1. The summed E-state index contributed by atoms with van der Waals surface area (Å²) >= 11 is 12.1. The number of alkyl halides is 2. The van der Waals surface area contributed by atoms with Gasteiger partial charge >= 0.3 is 0 Å². The van der Waals surface area contributed by atoms with E-state index in [0.717, 1.165) is 12.0 Å². The molecule has 0 unspecified atom stereocenters. The molecular weight excluding hydrogens is 385 g/mol. The average Bonchev–Trinajstić information content (AvgIpc) is 2.99. The fraction of sp³-hybridized carbons (Fsp3) is 0.588. The van der Waals surface area contributed by atoms with Crippen LogP contribution in [-0.2, 0) is 14.6 Å². The molecular formula is C17H21Cl2NO4S. The Morgan fingerprint density at radius 3 is 2.36 bits per heavy atom. The van der Waals surface area contributed by atoms with E-state index in [1.54, 1.807) is 26.0 Å². The molecule has 8 heteroatoms. The third-order valence-electron chi connectivity index (χ3n) is 4.60. The Morgan fingerprint density at radius 2 is 1.88 bits per heavy atom. The molecule has 0 aromatic heterocycles. The van der Waals surface area contributed by atoms with Crippen LogP contribution in [0.15, 0.2) is 24.3 Å². The predicted octanol–water partition coefficient (Wildman–Crippen LogP) is 2.81. The van der Waals surface area contributed by atoms with Crippen LogP contribution in [0.3, 0.4) is 0 Å². The standard InChI is InChI=1S/C17H21Cl2NO4S/c1-16(2,15(21)20-12-7-8-25(22,23)10-12)24-13-5-3-11(4-6-13)14-9-17(14,18)19/h3-6,12,14H,7-10H2,1-2H3,(H,20,21)/t12-,14+/m0/s1. The summed E-state index contributed by atoms with van der Waals surface area (Å²) in [4.78, 5) is 12.4. The Morgan fingerprint density at radius 1 is 1.28 bits per heavy atom. The van der Waals surface area contributed by atoms with Crippen molar-refractivity contribution in [1.29, 1.82) is 0 Å². The number of carbonyl (C=O) groups excluding carboxylic acids is 1. The van der Waals surface area contributed by atoms with Gasteiger partial charge in [-0.05, 0) is 44.4 Å². The van der Waals surface area contributed by atoms with Gasteiger partial charge in [0.1, 0.15) is 10.1 Å². The number of ether oxygens (including phenoxy) is 1. The smallest absolute Gasteiger partial charge is 0.263 e. The molecule has 5 nitrogen and oxygen atoms in total. The fourth-order valence-corrected chi connectivity index (χ4v) is 5.19. The van der Waals surface area contributed by atoms with Crippen molar-refractivity contribution in [3.63, 3.8) is 0 Å². The summed E-state index contributed by atoms with van der Waals surface area (Å²) in [5.41, 5.74) is -0.0772. The Balaban J connectivity index is 1.60. The Kier molecular flexibility index (Phi) is 4.75. The summed E-state index contributed by atoms with van der Waals surface area (Å²) in [7, 11) is -3.04. The maximum absolute atomic E-state index is 12.4. The second-order valence-corrected chi connectivity index (χ2v) is 11.0. The zero-order valence-electron chi connectivity index (χ0n) is 14.1. The summed E-state index contributed by atoms with van der Waals surface area (Å²) in [5, 5.41) is 2.77. The van der Waals surface area contributed by atoms with Crippen LogP contribution in [0.2, 0.25) is 0 Å². The summed E-state index contributed by atoms with van der Waals surface area (Å²) in [6, 6.07) is 7.01. The first-order valence-corrected chi connectivity index (χ1v) is 10.7. The highest BCUT2D eigenvalue weighted by Gasteiger charge is 2.52. The molecule has 1 aromatic rings. The molecule has 3 rings (SSSR count). The number of rotatable bonds is 5. The highest BCUT2D eigenvalue weighted by Crippen LogP contribution is 2.59. The third kappa shape index (κ3) is 4.41. The summed E-state index contributed by atoms with van der Waals surface area (Å²) in [6.45, 7) is 3.31. The van der Waals surface area contributed by atoms with E-state index in [2.05, 4.69) is 5.32 Å². The van der Waals surface area contributed by atoms with Crippen molar-refractivity contribution >= 4 is 38.9 Å². The molecule has 0 spiro atoms. The molecule has 25 heavy (non-hydrogen) atoms. The Labute approximate surface area is 157 Å². The first-order chi connectivity index (χ1) is 11.5. The lowest BCUT2D eigenvalue weighted by Gasteiger charge is -2.27. The molecule has 138 valence electrons. The minimum absolute atomic E-state index is 0.0104. The number of hydrogen-bond acceptors (Lipinski definition) is 4. The largest absolute Gasteiger partial charge is 0.478 e. The lowest BCUT2D eigenvalue weighted by Crippen LogP contribution is -2.50. The average molecular weight is 406 g/mol. The van der Waals surface area contributed by atoms with E-state index in [1.165, 1.54) is 0 Å². The lowest BCUT2D eigenvalue weighted by molar-refractivity contribution is -0.134. The molecule has 1 aromatic carbocycles. The van der Waals surface area contributed by atoms with Gasteiger partial charge in [0.25, 0.3) is 5.91 Å². The SMILES string of the molecule is CC(C)(Oc1ccc([C@H]2CC2(Cl)Cl)cc1)C(=O)N[C@H]1CCS(=O)(=O)C1. The minimum Gasteiger partial charge on any atom is -0.478 e. The van der Waals surface area contributed by atoms with Crippen LogP contribution in [0.25, 0.3) is 0 Å². The fourth-order valence-electron chi connectivity index (χ4n) is 2.95. The zero-order chi connectivity index (χ0) is 18.5. The normalized spacial score (nSPS) is 26.9. The second-order valence-electron chi connectivity index (χ2n) is 7.27. The monoisotopic (exact) mass is 405 g/mol. The van der Waals surface area contributed by atoms with Gasteiger partial charge in [-0.15, -0.1) is 23.2 Å². The van der Waals surface area contributed by atoms with Gasteiger partial charge in [-0.3, -0.25) is 4.79 Å². The van der Waals surface area contributed by atoms with Crippen LogP contribution in [0.5, 0.6) is 5.75 Å². The van der Waals surface area contributed by atoms with Crippen LogP contribution in [0.4, 0.5) is 0 Å². The van der Waals surface area contributed by atoms with Gasteiger partial charge in [-0.2, -0.15) is 0 Å². The van der Waals surface area contributed by atoms with Crippen molar-refractivity contribution in [3.8, 4) is 5.75 Å². The summed E-state index contributed by atoms with van der Waals surface area (Å²) in [5.74, 6) is 0.457. The molecule has 1 saturated heterocycles. The predicted molar refractivity (Wildman–Crippen MR) is 98.1 cm³/mol. The highest BCUT2D eigenvalue weighted by molar-refractivity contribution is 7.91. The van der Waals surface area contributed by atoms with Crippen LogP contribution in [-0.4, -0.2) is 41.8 Å². The molecule has 1 heterocycles. The van der Waals surface area contributed by atoms with Crippen molar-refractivity contribution in [2.75, 3.05) is 11.5 Å². The van der Waals surface area contributed by atoms with Crippen molar-refractivity contribution in [2.45, 2.75) is 48.6 Å². The van der Waals surface area contributed by atoms with Gasteiger partial charge < -0.3 is 10.1 Å². The van der Waals surface area contributed by atoms with E-state index in [-0.39, 0.29) is 29.4 Å². The maximum atomic E-state index is 12.4. The number of nitrogens with one attached hydrogen (secondary N) is 1. The third-order valence-corrected chi connectivity index (χ3v) is 7.20. The highest BCUT2D eigenvalue weighted by atomic mass is 35.5. The van der Waals surface area contributed by atoms with Crippen molar-refractivity contribution in [1.82, 2.24) is 5.32 Å². The van der Waals surface area contributed by atoms with Crippen LogP contribution in [0, 0.1) is 0 Å². The molecule has 1 aliphatic heterocycles. The topological polar surface area (TPSA) is 72.5 Å². The molecule has 0 radical (unpaired) electrons. The van der Waals surface area contributed by atoms with E-state index in [0.29, 0.717) is 12.2 Å². The number of sulfone groups is 1. The molecule has 1 aliphatic carbocycles. The van der Waals surface area contributed by atoms with Gasteiger partial charge in [-0.25, -0.2) is 8.42 Å². The zero-order valence-corrected chi connectivity index (χ0v) is 16.4.